The Labute approximate surface area is 187 Å². The van der Waals surface area contributed by atoms with Gasteiger partial charge in [0.1, 0.15) is 11.6 Å². The van der Waals surface area contributed by atoms with Gasteiger partial charge in [-0.2, -0.15) is 0 Å². The van der Waals surface area contributed by atoms with Crippen LogP contribution in [0.3, 0.4) is 0 Å². The van der Waals surface area contributed by atoms with Crippen LogP contribution >= 0.6 is 0 Å². The molecule has 0 atom stereocenters. The molecule has 0 N–H and O–H groups in total. The molecule has 2 aromatic rings. The molecule has 3 heterocycles. The highest BCUT2D eigenvalue weighted by atomic mass is 19.1. The third-order valence-corrected chi connectivity index (χ3v) is 6.70. The fourth-order valence-electron chi connectivity index (χ4n) is 4.58. The molecule has 0 unspecified atom stereocenters. The number of hydrogen-bond donors (Lipinski definition) is 0. The number of anilines is 2. The summed E-state index contributed by atoms with van der Waals surface area (Å²) in [6, 6.07) is 6.51. The summed E-state index contributed by atoms with van der Waals surface area (Å²) in [7, 11) is 1.72. The lowest BCUT2D eigenvalue weighted by molar-refractivity contribution is 0.0742. The Morgan fingerprint density at radius 1 is 1.06 bits per heavy atom. The molecule has 1 saturated carbocycles. The molecule has 7 nitrogen and oxygen atoms in total. The molecule has 5 rings (SSSR count). The number of likely N-dealkylation sites (N-methyl/N-ethyl adjacent to an activating group) is 1. The summed E-state index contributed by atoms with van der Waals surface area (Å²) in [5.41, 5.74) is 3.01. The smallest absolute Gasteiger partial charge is 0.324 e. The number of benzene rings is 1. The van der Waals surface area contributed by atoms with Gasteiger partial charge in [-0.15, -0.1) is 0 Å². The quantitative estimate of drug-likeness (QED) is 0.737. The van der Waals surface area contributed by atoms with Gasteiger partial charge in [-0.3, -0.25) is 9.69 Å². The number of rotatable bonds is 4. The molecule has 168 valence electrons. The van der Waals surface area contributed by atoms with Crippen molar-refractivity contribution in [2.75, 3.05) is 56.1 Å². The highest BCUT2D eigenvalue weighted by molar-refractivity contribution is 5.97. The van der Waals surface area contributed by atoms with E-state index in [4.69, 9.17) is 4.98 Å². The summed E-state index contributed by atoms with van der Waals surface area (Å²) in [6.45, 7) is 5.56. The Balaban J connectivity index is 1.24. The van der Waals surface area contributed by atoms with Crippen molar-refractivity contribution in [3.05, 3.63) is 53.0 Å². The van der Waals surface area contributed by atoms with Crippen LogP contribution in [-0.2, 0) is 0 Å². The monoisotopic (exact) mass is 437 g/mol. The second-order valence-electron chi connectivity index (χ2n) is 8.98. The SMILES string of the molecule is Cc1cc(C2CC2)cnc1N1CCN(C(=O)c2ccc(N3CCN(C)C3=O)cc2F)CC1. The van der Waals surface area contributed by atoms with Crippen LogP contribution in [0.4, 0.5) is 20.7 Å². The van der Waals surface area contributed by atoms with Gasteiger partial charge in [-0.05, 0) is 55.0 Å². The third-order valence-electron chi connectivity index (χ3n) is 6.70. The normalized spacial score (nSPS) is 19.2. The van der Waals surface area contributed by atoms with Crippen molar-refractivity contribution in [1.82, 2.24) is 14.8 Å². The van der Waals surface area contributed by atoms with Crippen LogP contribution in [0.2, 0.25) is 0 Å². The molecule has 0 bridgehead atoms. The Kier molecular flexibility index (Phi) is 5.23. The van der Waals surface area contributed by atoms with Crippen LogP contribution in [0.25, 0.3) is 0 Å². The Bertz CT molecular complexity index is 1060. The van der Waals surface area contributed by atoms with E-state index in [1.54, 1.807) is 22.9 Å². The molecule has 3 amide bonds. The van der Waals surface area contributed by atoms with E-state index in [0.29, 0.717) is 50.9 Å². The molecule has 1 aromatic carbocycles. The molecule has 0 spiro atoms. The summed E-state index contributed by atoms with van der Waals surface area (Å²) in [5, 5.41) is 0. The number of amides is 3. The number of urea groups is 1. The fraction of sp³-hybridized carbons (Fsp3) is 0.458. The second kappa shape index (κ2) is 8.07. The summed E-state index contributed by atoms with van der Waals surface area (Å²) in [6.07, 6.45) is 4.49. The first-order valence-corrected chi connectivity index (χ1v) is 11.3. The second-order valence-corrected chi connectivity index (χ2v) is 8.98. The number of aromatic nitrogens is 1. The van der Waals surface area contributed by atoms with E-state index in [1.807, 2.05) is 6.20 Å². The standard InChI is InChI=1S/C24H28FN5O2/c1-16-13-18(17-3-4-17)15-26-22(16)28-8-10-29(11-9-28)23(31)20-6-5-19(14-21(20)25)30-12-7-27(2)24(30)32/h5-6,13-15,17H,3-4,7-12H2,1-2H3. The van der Waals surface area contributed by atoms with Crippen molar-refractivity contribution in [3.8, 4) is 0 Å². The van der Waals surface area contributed by atoms with Gasteiger partial charge < -0.3 is 14.7 Å². The van der Waals surface area contributed by atoms with Crippen LogP contribution < -0.4 is 9.80 Å². The molecule has 2 saturated heterocycles. The molecule has 3 fully saturated rings. The number of pyridine rings is 1. The highest BCUT2D eigenvalue weighted by Gasteiger charge is 2.30. The highest BCUT2D eigenvalue weighted by Crippen LogP contribution is 2.40. The number of carbonyl (C=O) groups is 2. The summed E-state index contributed by atoms with van der Waals surface area (Å²) < 4.78 is 14.8. The van der Waals surface area contributed by atoms with Crippen LogP contribution in [0, 0.1) is 12.7 Å². The fourth-order valence-corrected chi connectivity index (χ4v) is 4.58. The van der Waals surface area contributed by atoms with Gasteiger partial charge in [0.2, 0.25) is 0 Å². The van der Waals surface area contributed by atoms with Crippen molar-refractivity contribution >= 4 is 23.4 Å². The van der Waals surface area contributed by atoms with Gasteiger partial charge in [0, 0.05) is 58.2 Å². The van der Waals surface area contributed by atoms with E-state index in [9.17, 15) is 14.0 Å². The lowest BCUT2D eigenvalue weighted by Gasteiger charge is -2.36. The van der Waals surface area contributed by atoms with Crippen molar-refractivity contribution in [2.45, 2.75) is 25.7 Å². The average Bonchev–Trinajstić information content (AvgIpc) is 3.59. The third kappa shape index (κ3) is 3.78. The number of carbonyl (C=O) groups excluding carboxylic acids is 2. The topological polar surface area (TPSA) is 60.0 Å². The maximum Gasteiger partial charge on any atom is 0.324 e. The van der Waals surface area contributed by atoms with Crippen molar-refractivity contribution in [3.63, 3.8) is 0 Å². The molecule has 1 aliphatic carbocycles. The minimum absolute atomic E-state index is 0.0466. The van der Waals surface area contributed by atoms with Crippen LogP contribution in [0.1, 0.15) is 40.2 Å². The minimum Gasteiger partial charge on any atom is -0.353 e. The van der Waals surface area contributed by atoms with Crippen LogP contribution in [0.15, 0.2) is 30.5 Å². The number of hydrogen-bond acceptors (Lipinski definition) is 4. The molecular weight excluding hydrogens is 409 g/mol. The Hall–Kier alpha value is -3.16. The Morgan fingerprint density at radius 2 is 1.81 bits per heavy atom. The molecule has 0 radical (unpaired) electrons. The van der Waals surface area contributed by atoms with Crippen molar-refractivity contribution in [2.24, 2.45) is 0 Å². The predicted octanol–water partition coefficient (Wildman–Crippen LogP) is 3.24. The average molecular weight is 438 g/mol. The van der Waals surface area contributed by atoms with Gasteiger partial charge in [0.15, 0.2) is 0 Å². The lowest BCUT2D eigenvalue weighted by Crippen LogP contribution is -2.49. The summed E-state index contributed by atoms with van der Waals surface area (Å²) in [4.78, 5) is 36.8. The van der Waals surface area contributed by atoms with E-state index < -0.39 is 5.82 Å². The molecule has 3 aliphatic rings. The van der Waals surface area contributed by atoms with Crippen LogP contribution in [-0.4, -0.2) is 73.0 Å². The van der Waals surface area contributed by atoms with Gasteiger partial charge in [-0.25, -0.2) is 14.2 Å². The van der Waals surface area contributed by atoms with Crippen molar-refractivity contribution in [1.29, 1.82) is 0 Å². The zero-order chi connectivity index (χ0) is 22.4. The largest absolute Gasteiger partial charge is 0.353 e. The zero-order valence-corrected chi connectivity index (χ0v) is 18.6. The summed E-state index contributed by atoms with van der Waals surface area (Å²) in [5.74, 6) is 0.741. The molecular formula is C24H28FN5O2. The zero-order valence-electron chi connectivity index (χ0n) is 18.6. The van der Waals surface area contributed by atoms with Gasteiger partial charge in [0.05, 0.1) is 5.56 Å². The Morgan fingerprint density at radius 3 is 2.41 bits per heavy atom. The number of piperazine rings is 1. The van der Waals surface area contributed by atoms with Crippen LogP contribution in [0.5, 0.6) is 0 Å². The molecule has 1 aromatic heterocycles. The number of nitrogens with zero attached hydrogens (tertiary/aromatic N) is 5. The number of halogens is 1. The van der Waals surface area contributed by atoms with E-state index in [-0.39, 0.29) is 17.5 Å². The first-order chi connectivity index (χ1) is 15.4. The minimum atomic E-state index is -0.592. The first kappa shape index (κ1) is 20.7. The first-order valence-electron chi connectivity index (χ1n) is 11.3. The van der Waals surface area contributed by atoms with E-state index in [2.05, 4.69) is 17.9 Å². The van der Waals surface area contributed by atoms with E-state index in [1.165, 1.54) is 35.4 Å². The lowest BCUT2D eigenvalue weighted by atomic mass is 10.1. The maximum absolute atomic E-state index is 14.8. The molecule has 32 heavy (non-hydrogen) atoms. The van der Waals surface area contributed by atoms with E-state index >= 15 is 0 Å². The molecule has 2 aliphatic heterocycles. The summed E-state index contributed by atoms with van der Waals surface area (Å²) >= 11 is 0. The van der Waals surface area contributed by atoms with Gasteiger partial charge in [-0.1, -0.05) is 6.07 Å². The molecule has 8 heteroatoms. The van der Waals surface area contributed by atoms with E-state index in [0.717, 1.165) is 11.4 Å². The predicted molar refractivity (Wildman–Crippen MR) is 121 cm³/mol. The van der Waals surface area contributed by atoms with Crippen molar-refractivity contribution < 1.29 is 14.0 Å². The van der Waals surface area contributed by atoms with Gasteiger partial charge in [0.25, 0.3) is 5.91 Å². The number of aryl methyl sites for hydroxylation is 1. The maximum atomic E-state index is 14.8. The van der Waals surface area contributed by atoms with Gasteiger partial charge >= 0.3 is 6.03 Å².